The molecule has 122 valence electrons. The minimum atomic E-state index is -3.90. The fourth-order valence-corrected chi connectivity index (χ4v) is 4.62. The second-order valence-corrected chi connectivity index (χ2v) is 8.97. The number of hydrogen-bond acceptors (Lipinski definition) is 3. The summed E-state index contributed by atoms with van der Waals surface area (Å²) in [6, 6.07) is 11.4. The molecule has 0 spiro atoms. The molecule has 0 heterocycles. The molecule has 3 rings (SSSR count). The van der Waals surface area contributed by atoms with Gasteiger partial charge in [-0.2, -0.15) is 8.42 Å². The molecule has 0 fully saturated rings. The summed E-state index contributed by atoms with van der Waals surface area (Å²) in [5.74, 6) is 0. The first-order chi connectivity index (χ1) is 10.7. The van der Waals surface area contributed by atoms with Gasteiger partial charge in [-0.05, 0) is 33.7 Å². The number of rotatable bonds is 3. The van der Waals surface area contributed by atoms with Gasteiger partial charge in [-0.25, -0.2) is 0 Å². The summed E-state index contributed by atoms with van der Waals surface area (Å²) in [7, 11) is -3.90. The summed E-state index contributed by atoms with van der Waals surface area (Å²) in [6.07, 6.45) is 0.555. The van der Waals surface area contributed by atoms with Crippen LogP contribution in [0.1, 0.15) is 31.9 Å². The lowest BCUT2D eigenvalue weighted by atomic mass is 9.99. The lowest BCUT2D eigenvalue weighted by Crippen LogP contribution is -2.19. The van der Waals surface area contributed by atoms with Gasteiger partial charge in [-0.15, -0.1) is 0 Å². The van der Waals surface area contributed by atoms with Crippen molar-refractivity contribution in [3.63, 3.8) is 0 Å². The second kappa shape index (κ2) is 5.62. The van der Waals surface area contributed by atoms with E-state index in [2.05, 4.69) is 0 Å². The average Bonchev–Trinajstić information content (AvgIpc) is 2.82. The van der Waals surface area contributed by atoms with Gasteiger partial charge in [0.2, 0.25) is 0 Å². The number of hydrogen-bond donors (Lipinski definition) is 0. The van der Waals surface area contributed by atoms with Crippen molar-refractivity contribution in [3.8, 4) is 11.1 Å². The van der Waals surface area contributed by atoms with E-state index in [1.165, 1.54) is 0 Å². The highest BCUT2D eigenvalue weighted by Crippen LogP contribution is 2.42. The van der Waals surface area contributed by atoms with Crippen LogP contribution >= 0.6 is 11.6 Å². The van der Waals surface area contributed by atoms with Crippen molar-refractivity contribution in [2.24, 2.45) is 5.41 Å². The van der Waals surface area contributed by atoms with Gasteiger partial charge in [0.15, 0.2) is 0 Å². The first-order valence-electron chi connectivity index (χ1n) is 7.48. The minimum absolute atomic E-state index is 0.108. The van der Waals surface area contributed by atoms with Crippen molar-refractivity contribution >= 4 is 21.7 Å². The van der Waals surface area contributed by atoms with Crippen molar-refractivity contribution in [2.75, 3.05) is 6.61 Å². The van der Waals surface area contributed by atoms with Crippen LogP contribution in [0, 0.1) is 5.41 Å². The Labute approximate surface area is 142 Å². The molecule has 1 aliphatic rings. The monoisotopic (exact) mass is 350 g/mol. The maximum atomic E-state index is 12.7. The van der Waals surface area contributed by atoms with E-state index in [1.54, 1.807) is 6.07 Å². The molecule has 0 N–H and O–H groups in total. The van der Waals surface area contributed by atoms with Crippen LogP contribution in [-0.2, 0) is 20.7 Å². The summed E-state index contributed by atoms with van der Waals surface area (Å²) in [4.78, 5) is 0.108. The molecule has 5 heteroatoms. The van der Waals surface area contributed by atoms with Crippen LogP contribution < -0.4 is 0 Å². The lowest BCUT2D eigenvalue weighted by Gasteiger charge is -2.19. The first-order valence-corrected chi connectivity index (χ1v) is 9.27. The van der Waals surface area contributed by atoms with E-state index in [0.717, 1.165) is 22.3 Å². The number of benzene rings is 2. The van der Waals surface area contributed by atoms with Gasteiger partial charge in [0.25, 0.3) is 10.1 Å². The zero-order valence-corrected chi connectivity index (χ0v) is 15.0. The normalized spacial score (nSPS) is 13.7. The molecule has 2 aromatic carbocycles. The standard InChI is InChI=1S/C18H19ClO3S/c1-18(2,3)11-22-23(20,21)17-15-10-12-6-4-5-7-13(12)14(15)8-9-16(17)19/h4-9H,10-11H2,1-3H3. The maximum Gasteiger partial charge on any atom is 0.298 e. The van der Waals surface area contributed by atoms with Crippen molar-refractivity contribution in [2.45, 2.75) is 32.1 Å². The molecule has 2 aromatic rings. The molecule has 0 aromatic heterocycles. The molecule has 0 amide bonds. The van der Waals surface area contributed by atoms with E-state index >= 15 is 0 Å². The summed E-state index contributed by atoms with van der Waals surface area (Å²) in [5.41, 5.74) is 3.57. The van der Waals surface area contributed by atoms with E-state index in [4.69, 9.17) is 15.8 Å². The maximum absolute atomic E-state index is 12.7. The van der Waals surface area contributed by atoms with Crippen LogP contribution in [-0.4, -0.2) is 15.0 Å². The summed E-state index contributed by atoms with van der Waals surface area (Å²) >= 11 is 6.23. The van der Waals surface area contributed by atoms with Gasteiger partial charge >= 0.3 is 0 Å². The average molecular weight is 351 g/mol. The molecule has 0 bridgehead atoms. The largest absolute Gasteiger partial charge is 0.298 e. The molecule has 0 aliphatic heterocycles. The van der Waals surface area contributed by atoms with Crippen molar-refractivity contribution < 1.29 is 12.6 Å². The zero-order chi connectivity index (χ0) is 16.8. The Bertz CT molecular complexity index is 864. The van der Waals surface area contributed by atoms with E-state index in [1.807, 2.05) is 51.1 Å². The van der Waals surface area contributed by atoms with Gasteiger partial charge < -0.3 is 0 Å². The van der Waals surface area contributed by atoms with Crippen LogP contribution in [0.2, 0.25) is 5.02 Å². The molecule has 0 saturated heterocycles. The molecule has 3 nitrogen and oxygen atoms in total. The van der Waals surface area contributed by atoms with Crippen molar-refractivity contribution in [3.05, 3.63) is 52.5 Å². The molecule has 0 saturated carbocycles. The Kier molecular flexibility index (Phi) is 4.03. The molecular weight excluding hydrogens is 332 g/mol. The van der Waals surface area contributed by atoms with Gasteiger partial charge in [0, 0.05) is 6.42 Å². The lowest BCUT2D eigenvalue weighted by molar-refractivity contribution is 0.203. The smallest absolute Gasteiger partial charge is 0.266 e. The Morgan fingerprint density at radius 3 is 2.48 bits per heavy atom. The highest BCUT2D eigenvalue weighted by Gasteiger charge is 2.31. The summed E-state index contributed by atoms with van der Waals surface area (Å²) in [6.45, 7) is 5.89. The van der Waals surface area contributed by atoms with E-state index in [-0.39, 0.29) is 21.9 Å². The van der Waals surface area contributed by atoms with Crippen LogP contribution in [0.4, 0.5) is 0 Å². The molecular formula is C18H19ClO3S. The minimum Gasteiger partial charge on any atom is -0.266 e. The SMILES string of the molecule is CC(C)(C)COS(=O)(=O)c1c(Cl)ccc2c1Cc1ccccc1-2. The predicted octanol–water partition coefficient (Wildman–Crippen LogP) is 4.66. The van der Waals surface area contributed by atoms with Gasteiger partial charge in [-0.3, -0.25) is 4.18 Å². The van der Waals surface area contributed by atoms with Gasteiger partial charge in [0.05, 0.1) is 11.6 Å². The Balaban J connectivity index is 2.08. The topological polar surface area (TPSA) is 43.4 Å². The van der Waals surface area contributed by atoms with E-state index in [0.29, 0.717) is 6.42 Å². The predicted molar refractivity (Wildman–Crippen MR) is 92.3 cm³/mol. The summed E-state index contributed by atoms with van der Waals surface area (Å²) in [5, 5.41) is 0.213. The molecule has 23 heavy (non-hydrogen) atoms. The molecule has 0 unspecified atom stereocenters. The third kappa shape index (κ3) is 3.16. The Hall–Kier alpha value is -1.36. The van der Waals surface area contributed by atoms with Gasteiger partial charge in [0.1, 0.15) is 4.90 Å². The third-order valence-corrected chi connectivity index (χ3v) is 5.61. The van der Waals surface area contributed by atoms with E-state index in [9.17, 15) is 8.42 Å². The molecule has 0 radical (unpaired) electrons. The zero-order valence-electron chi connectivity index (χ0n) is 13.4. The first kappa shape index (κ1) is 16.5. The van der Waals surface area contributed by atoms with Crippen LogP contribution in [0.25, 0.3) is 11.1 Å². The van der Waals surface area contributed by atoms with Crippen molar-refractivity contribution in [1.82, 2.24) is 0 Å². The highest BCUT2D eigenvalue weighted by atomic mass is 35.5. The Morgan fingerprint density at radius 2 is 1.78 bits per heavy atom. The fourth-order valence-electron chi connectivity index (χ4n) is 2.74. The molecule has 0 atom stereocenters. The van der Waals surface area contributed by atoms with Crippen molar-refractivity contribution in [1.29, 1.82) is 0 Å². The summed E-state index contributed by atoms with van der Waals surface area (Å²) < 4.78 is 30.7. The van der Waals surface area contributed by atoms with Crippen LogP contribution in [0.5, 0.6) is 0 Å². The van der Waals surface area contributed by atoms with Crippen LogP contribution in [0.15, 0.2) is 41.3 Å². The van der Waals surface area contributed by atoms with E-state index < -0.39 is 10.1 Å². The molecule has 1 aliphatic carbocycles. The van der Waals surface area contributed by atoms with Crippen LogP contribution in [0.3, 0.4) is 0 Å². The number of halogens is 1. The second-order valence-electron chi connectivity index (χ2n) is 7.01. The quantitative estimate of drug-likeness (QED) is 0.645. The highest BCUT2D eigenvalue weighted by molar-refractivity contribution is 7.87. The van der Waals surface area contributed by atoms with Gasteiger partial charge in [-0.1, -0.05) is 62.7 Å². The third-order valence-electron chi connectivity index (χ3n) is 3.78. The number of fused-ring (bicyclic) bond motifs is 3. The Morgan fingerprint density at radius 1 is 1.09 bits per heavy atom. The fraction of sp³-hybridized carbons (Fsp3) is 0.333.